The maximum Gasteiger partial charge on any atom is 0.336 e. The highest BCUT2D eigenvalue weighted by molar-refractivity contribution is 7.89. The van der Waals surface area contributed by atoms with Gasteiger partial charge in [0.1, 0.15) is 30.3 Å². The summed E-state index contributed by atoms with van der Waals surface area (Å²) in [6.07, 6.45) is 0. The predicted molar refractivity (Wildman–Crippen MR) is 114 cm³/mol. The minimum Gasteiger partial charge on any atom is -0.490 e. The SMILES string of the molecule is Cc1cc(=O)oc2cc(OCCOc3ccc(S(=O)(=O)N4CCOCC4)cc3)ccc12. The molecule has 0 aliphatic carbocycles. The summed E-state index contributed by atoms with van der Waals surface area (Å²) < 4.78 is 48.4. The molecular formula is C22H23NO7S. The summed E-state index contributed by atoms with van der Waals surface area (Å²) >= 11 is 0. The average Bonchev–Trinajstić information content (AvgIpc) is 2.77. The van der Waals surface area contributed by atoms with Gasteiger partial charge in [-0.25, -0.2) is 13.2 Å². The predicted octanol–water partition coefficient (Wildman–Crippen LogP) is 2.58. The second-order valence-electron chi connectivity index (χ2n) is 7.09. The van der Waals surface area contributed by atoms with E-state index in [1.54, 1.807) is 24.3 Å². The molecule has 0 unspecified atom stereocenters. The van der Waals surface area contributed by atoms with Gasteiger partial charge in [0.25, 0.3) is 0 Å². The largest absolute Gasteiger partial charge is 0.490 e. The van der Waals surface area contributed by atoms with Crippen LogP contribution in [0.4, 0.5) is 0 Å². The lowest BCUT2D eigenvalue weighted by atomic mass is 10.1. The van der Waals surface area contributed by atoms with Gasteiger partial charge in [0.05, 0.1) is 18.1 Å². The van der Waals surface area contributed by atoms with Gasteiger partial charge in [0.15, 0.2) is 0 Å². The van der Waals surface area contributed by atoms with Gasteiger partial charge in [0, 0.05) is 30.6 Å². The summed E-state index contributed by atoms with van der Waals surface area (Å²) in [5.74, 6) is 1.11. The zero-order valence-electron chi connectivity index (χ0n) is 17.1. The Balaban J connectivity index is 1.32. The first-order chi connectivity index (χ1) is 14.9. The molecule has 0 radical (unpaired) electrons. The monoisotopic (exact) mass is 445 g/mol. The molecule has 0 bridgehead atoms. The fraction of sp³-hybridized carbons (Fsp3) is 0.318. The van der Waals surface area contributed by atoms with Crippen LogP contribution in [0, 0.1) is 6.92 Å². The number of sulfonamides is 1. The molecule has 8 nitrogen and oxygen atoms in total. The molecule has 4 rings (SSSR count). The molecule has 0 amide bonds. The van der Waals surface area contributed by atoms with E-state index in [0.717, 1.165) is 10.9 Å². The van der Waals surface area contributed by atoms with Gasteiger partial charge in [-0.1, -0.05) is 0 Å². The second kappa shape index (κ2) is 9.09. The standard InChI is InChI=1S/C22H23NO7S/c1-16-14-22(24)30-21-15-18(4-7-20(16)21)29-13-12-28-17-2-5-19(6-3-17)31(25,26)23-8-10-27-11-9-23/h2-7,14-15H,8-13H2,1H3. The van der Waals surface area contributed by atoms with Crippen molar-refractivity contribution in [3.63, 3.8) is 0 Å². The fourth-order valence-electron chi connectivity index (χ4n) is 3.36. The van der Waals surface area contributed by atoms with E-state index in [-0.39, 0.29) is 18.1 Å². The van der Waals surface area contributed by atoms with E-state index in [9.17, 15) is 13.2 Å². The molecule has 0 N–H and O–H groups in total. The number of nitrogens with zero attached hydrogens (tertiary/aromatic N) is 1. The zero-order chi connectivity index (χ0) is 21.8. The molecular weight excluding hydrogens is 422 g/mol. The smallest absolute Gasteiger partial charge is 0.336 e. The molecule has 2 aromatic carbocycles. The maximum absolute atomic E-state index is 12.6. The van der Waals surface area contributed by atoms with Gasteiger partial charge in [0.2, 0.25) is 10.0 Å². The Hall–Kier alpha value is -2.88. The third-order valence-electron chi connectivity index (χ3n) is 4.98. The van der Waals surface area contributed by atoms with Crippen molar-refractivity contribution in [1.29, 1.82) is 0 Å². The first-order valence-corrected chi connectivity index (χ1v) is 11.4. The Morgan fingerprint density at radius 1 is 0.935 bits per heavy atom. The molecule has 164 valence electrons. The number of fused-ring (bicyclic) bond motifs is 1. The molecule has 1 aromatic heterocycles. The van der Waals surface area contributed by atoms with Crippen LogP contribution in [0.25, 0.3) is 11.0 Å². The number of morpholine rings is 1. The Labute approximate surface area is 180 Å². The molecule has 9 heteroatoms. The van der Waals surface area contributed by atoms with Gasteiger partial charge >= 0.3 is 5.63 Å². The molecule has 0 saturated carbocycles. The molecule has 1 aliphatic heterocycles. The summed E-state index contributed by atoms with van der Waals surface area (Å²) in [5, 5.41) is 0.857. The topological polar surface area (TPSA) is 95.3 Å². The first kappa shape index (κ1) is 21.4. The number of benzene rings is 2. The first-order valence-electron chi connectivity index (χ1n) is 9.91. The quantitative estimate of drug-likeness (QED) is 0.407. The Kier molecular flexibility index (Phi) is 6.26. The third kappa shape index (κ3) is 4.90. The van der Waals surface area contributed by atoms with E-state index in [1.807, 2.05) is 13.0 Å². The van der Waals surface area contributed by atoms with Crippen molar-refractivity contribution in [1.82, 2.24) is 4.31 Å². The van der Waals surface area contributed by atoms with E-state index in [0.29, 0.717) is 43.4 Å². The highest BCUT2D eigenvalue weighted by atomic mass is 32.2. The molecule has 1 saturated heterocycles. The normalized spacial score (nSPS) is 15.1. The van der Waals surface area contributed by atoms with Crippen molar-refractivity contribution in [2.75, 3.05) is 39.5 Å². The molecule has 31 heavy (non-hydrogen) atoms. The van der Waals surface area contributed by atoms with Crippen LogP contribution in [0.3, 0.4) is 0 Å². The van der Waals surface area contributed by atoms with Crippen LogP contribution in [0.15, 0.2) is 62.6 Å². The molecule has 3 aromatic rings. The summed E-state index contributed by atoms with van der Waals surface area (Å²) in [4.78, 5) is 11.8. The summed E-state index contributed by atoms with van der Waals surface area (Å²) in [6.45, 7) is 3.92. The molecule has 0 spiro atoms. The second-order valence-corrected chi connectivity index (χ2v) is 9.03. The molecule has 0 atom stereocenters. The molecule has 2 heterocycles. The highest BCUT2D eigenvalue weighted by Gasteiger charge is 2.26. The Morgan fingerprint density at radius 3 is 2.29 bits per heavy atom. The summed E-state index contributed by atoms with van der Waals surface area (Å²) in [5.41, 5.74) is 0.922. The number of aryl methyl sites for hydroxylation is 1. The van der Waals surface area contributed by atoms with Gasteiger partial charge < -0.3 is 18.6 Å². The summed E-state index contributed by atoms with van der Waals surface area (Å²) in [7, 11) is -3.52. The lowest BCUT2D eigenvalue weighted by molar-refractivity contribution is 0.0730. The van der Waals surface area contributed by atoms with Crippen LogP contribution in [0.1, 0.15) is 5.56 Å². The minimum atomic E-state index is -3.52. The lowest BCUT2D eigenvalue weighted by Gasteiger charge is -2.26. The van der Waals surface area contributed by atoms with Gasteiger partial charge in [-0.2, -0.15) is 4.31 Å². The number of rotatable bonds is 7. The van der Waals surface area contributed by atoms with E-state index < -0.39 is 15.6 Å². The van der Waals surface area contributed by atoms with Crippen LogP contribution in [0.2, 0.25) is 0 Å². The highest BCUT2D eigenvalue weighted by Crippen LogP contribution is 2.23. The van der Waals surface area contributed by atoms with Crippen molar-refractivity contribution in [3.8, 4) is 11.5 Å². The number of hydrogen-bond donors (Lipinski definition) is 0. The van der Waals surface area contributed by atoms with Crippen molar-refractivity contribution in [3.05, 3.63) is 64.5 Å². The minimum absolute atomic E-state index is 0.228. The average molecular weight is 445 g/mol. The van der Waals surface area contributed by atoms with Crippen molar-refractivity contribution in [2.24, 2.45) is 0 Å². The number of ether oxygens (including phenoxy) is 3. The van der Waals surface area contributed by atoms with Gasteiger partial charge in [-0.3, -0.25) is 0 Å². The molecule has 1 fully saturated rings. The Morgan fingerprint density at radius 2 is 1.58 bits per heavy atom. The van der Waals surface area contributed by atoms with Crippen molar-refractivity contribution >= 4 is 21.0 Å². The van der Waals surface area contributed by atoms with E-state index >= 15 is 0 Å². The van der Waals surface area contributed by atoms with Crippen molar-refractivity contribution in [2.45, 2.75) is 11.8 Å². The maximum atomic E-state index is 12.6. The zero-order valence-corrected chi connectivity index (χ0v) is 17.9. The van der Waals surface area contributed by atoms with Gasteiger partial charge in [-0.15, -0.1) is 0 Å². The molecule has 1 aliphatic rings. The van der Waals surface area contributed by atoms with E-state index in [2.05, 4.69) is 0 Å². The van der Waals surface area contributed by atoms with Crippen LogP contribution >= 0.6 is 0 Å². The third-order valence-corrected chi connectivity index (χ3v) is 6.89. The van der Waals surface area contributed by atoms with E-state index in [4.69, 9.17) is 18.6 Å². The van der Waals surface area contributed by atoms with Crippen LogP contribution < -0.4 is 15.1 Å². The van der Waals surface area contributed by atoms with E-state index in [1.165, 1.54) is 22.5 Å². The van der Waals surface area contributed by atoms with Crippen LogP contribution in [0.5, 0.6) is 11.5 Å². The van der Waals surface area contributed by atoms with Crippen molar-refractivity contribution < 1.29 is 27.0 Å². The lowest BCUT2D eigenvalue weighted by Crippen LogP contribution is -2.40. The van der Waals surface area contributed by atoms with Gasteiger partial charge in [-0.05, 0) is 48.9 Å². The number of hydrogen-bond acceptors (Lipinski definition) is 7. The van der Waals surface area contributed by atoms with Crippen LogP contribution in [-0.2, 0) is 14.8 Å². The Bertz CT molecular complexity index is 1210. The van der Waals surface area contributed by atoms with Crippen LogP contribution in [-0.4, -0.2) is 52.2 Å². The summed E-state index contributed by atoms with van der Waals surface area (Å²) in [6, 6.07) is 13.1. The fourth-order valence-corrected chi connectivity index (χ4v) is 4.77.